The lowest BCUT2D eigenvalue weighted by Crippen LogP contribution is -2.30. The van der Waals surface area contributed by atoms with Crippen LogP contribution in [0.25, 0.3) is 10.4 Å². The Morgan fingerprint density at radius 2 is 1.94 bits per heavy atom. The first-order chi connectivity index (χ1) is 17.3. The highest BCUT2D eigenvalue weighted by atomic mass is 32.1. The van der Waals surface area contributed by atoms with Crippen molar-refractivity contribution in [3.63, 3.8) is 0 Å². The summed E-state index contributed by atoms with van der Waals surface area (Å²) in [5.41, 5.74) is 4.49. The van der Waals surface area contributed by atoms with E-state index in [0.29, 0.717) is 17.1 Å². The van der Waals surface area contributed by atoms with Crippen molar-refractivity contribution in [2.75, 3.05) is 11.9 Å². The quantitative estimate of drug-likeness (QED) is 0.374. The number of hydrogen-bond acceptors (Lipinski definition) is 7. The number of fused-ring (bicyclic) bond motifs is 2. The molecule has 0 saturated heterocycles. The predicted molar refractivity (Wildman–Crippen MR) is 145 cm³/mol. The van der Waals surface area contributed by atoms with Crippen LogP contribution in [0.15, 0.2) is 24.5 Å². The number of aromatic nitrogens is 1. The van der Waals surface area contributed by atoms with Gasteiger partial charge in [0.25, 0.3) is 0 Å². The molecule has 0 aromatic carbocycles. The van der Waals surface area contributed by atoms with E-state index in [-0.39, 0.29) is 12.0 Å². The zero-order valence-corrected chi connectivity index (χ0v) is 22.6. The molecule has 1 aliphatic heterocycles. The van der Waals surface area contributed by atoms with Gasteiger partial charge in [0.1, 0.15) is 10.6 Å². The van der Waals surface area contributed by atoms with E-state index in [0.717, 1.165) is 66.8 Å². The van der Waals surface area contributed by atoms with Gasteiger partial charge in [-0.15, -0.1) is 22.7 Å². The van der Waals surface area contributed by atoms with Gasteiger partial charge in [0.15, 0.2) is 0 Å². The molecule has 0 unspecified atom stereocenters. The Hall–Kier alpha value is -2.75. The number of aryl methyl sites for hydroxylation is 1. The number of urea groups is 1. The second-order valence-corrected chi connectivity index (χ2v) is 12.4. The highest BCUT2D eigenvalue weighted by Crippen LogP contribution is 2.40. The first-order valence-corrected chi connectivity index (χ1v) is 14.1. The van der Waals surface area contributed by atoms with Gasteiger partial charge in [-0.2, -0.15) is 0 Å². The van der Waals surface area contributed by atoms with Crippen LogP contribution in [-0.2, 0) is 37.1 Å². The largest absolute Gasteiger partial charge is 0.456 e. The van der Waals surface area contributed by atoms with E-state index in [1.54, 1.807) is 17.5 Å². The van der Waals surface area contributed by atoms with Gasteiger partial charge in [0.05, 0.1) is 5.56 Å². The van der Waals surface area contributed by atoms with Crippen LogP contribution in [0.3, 0.4) is 0 Å². The fraction of sp³-hybridized carbons (Fsp3) is 0.444. The Morgan fingerprint density at radius 3 is 2.72 bits per heavy atom. The number of esters is 1. The van der Waals surface area contributed by atoms with Crippen molar-refractivity contribution in [3.8, 4) is 10.4 Å². The van der Waals surface area contributed by atoms with E-state index in [9.17, 15) is 9.59 Å². The number of rotatable bonds is 5. The lowest BCUT2D eigenvalue weighted by atomic mass is 9.95. The Bertz CT molecular complexity index is 1270. The minimum atomic E-state index is -0.601. The number of hydrogen-bond donors (Lipinski definition) is 3. The minimum Gasteiger partial charge on any atom is -0.456 e. The van der Waals surface area contributed by atoms with Crippen LogP contribution >= 0.6 is 22.7 Å². The molecule has 190 valence electrons. The number of nitrogens with one attached hydrogen (secondary N) is 3. The number of ether oxygens (including phenoxy) is 1. The van der Waals surface area contributed by atoms with Crippen molar-refractivity contribution < 1.29 is 14.3 Å². The third-order valence-corrected chi connectivity index (χ3v) is 8.92. The molecule has 4 heterocycles. The number of nitrogens with zero attached hydrogens (tertiary/aromatic N) is 1. The Kier molecular flexibility index (Phi) is 7.14. The van der Waals surface area contributed by atoms with Gasteiger partial charge in [-0.1, -0.05) is 6.07 Å². The monoisotopic (exact) mass is 524 g/mol. The average Bonchev–Trinajstić information content (AvgIpc) is 3.40. The zero-order chi connectivity index (χ0) is 25.3. The zero-order valence-electron chi connectivity index (χ0n) is 21.0. The topological polar surface area (TPSA) is 92.3 Å². The lowest BCUT2D eigenvalue weighted by molar-refractivity contribution is 0.00699. The third kappa shape index (κ3) is 5.33. The van der Waals surface area contributed by atoms with Crippen LogP contribution in [0.1, 0.15) is 70.4 Å². The summed E-state index contributed by atoms with van der Waals surface area (Å²) in [5, 5.41) is 10.1. The van der Waals surface area contributed by atoms with Gasteiger partial charge in [-0.25, -0.2) is 9.59 Å². The molecule has 2 aliphatic rings. The van der Waals surface area contributed by atoms with Crippen molar-refractivity contribution >= 4 is 39.7 Å². The van der Waals surface area contributed by atoms with Crippen molar-refractivity contribution in [3.05, 3.63) is 56.5 Å². The van der Waals surface area contributed by atoms with E-state index < -0.39 is 5.60 Å². The molecule has 0 spiro atoms. The van der Waals surface area contributed by atoms with Gasteiger partial charge in [-0.05, 0) is 82.2 Å². The van der Waals surface area contributed by atoms with Crippen molar-refractivity contribution in [1.29, 1.82) is 0 Å². The predicted octanol–water partition coefficient (Wildman–Crippen LogP) is 5.67. The normalized spacial score (nSPS) is 15.1. The van der Waals surface area contributed by atoms with E-state index in [2.05, 4.69) is 27.0 Å². The molecule has 7 nitrogen and oxygen atoms in total. The first-order valence-electron chi connectivity index (χ1n) is 12.5. The molecule has 3 N–H and O–H groups in total. The summed E-state index contributed by atoms with van der Waals surface area (Å²) < 4.78 is 5.70. The SMILES string of the molecule is CC(C)(C)OC(=O)c1c(NC(=O)NCc2c(-c3cccnc3)sc3c2CCNC3)sc2c1CCCC2. The smallest absolute Gasteiger partial charge is 0.341 e. The molecule has 0 atom stereocenters. The number of carbonyl (C=O) groups is 2. The number of anilines is 1. The molecular formula is C27H32N4O3S2. The molecule has 0 bridgehead atoms. The van der Waals surface area contributed by atoms with Crippen molar-refractivity contribution in [2.24, 2.45) is 0 Å². The summed E-state index contributed by atoms with van der Waals surface area (Å²) in [6.45, 7) is 7.77. The Labute approximate surface area is 219 Å². The maximum absolute atomic E-state index is 13.1. The van der Waals surface area contributed by atoms with Gasteiger partial charge in [0.2, 0.25) is 0 Å². The fourth-order valence-electron chi connectivity index (χ4n) is 4.83. The molecule has 1 aliphatic carbocycles. The molecule has 5 rings (SSSR count). The van der Waals surface area contributed by atoms with Crippen LogP contribution in [-0.4, -0.2) is 29.1 Å². The van der Waals surface area contributed by atoms with Crippen molar-refractivity contribution in [2.45, 2.75) is 71.6 Å². The van der Waals surface area contributed by atoms with Crippen LogP contribution < -0.4 is 16.0 Å². The second-order valence-electron chi connectivity index (χ2n) is 10.2. The molecule has 0 radical (unpaired) electrons. The van der Waals surface area contributed by atoms with Crippen molar-refractivity contribution in [1.82, 2.24) is 15.6 Å². The highest BCUT2D eigenvalue weighted by Gasteiger charge is 2.30. The summed E-state index contributed by atoms with van der Waals surface area (Å²) in [5.74, 6) is -0.365. The van der Waals surface area contributed by atoms with E-state index in [1.807, 2.05) is 33.0 Å². The summed E-state index contributed by atoms with van der Waals surface area (Å²) in [6.07, 6.45) is 8.49. The summed E-state index contributed by atoms with van der Waals surface area (Å²) in [6, 6.07) is 3.68. The fourth-order valence-corrected chi connectivity index (χ4v) is 7.43. The average molecular weight is 525 g/mol. The number of pyridine rings is 1. The van der Waals surface area contributed by atoms with Crippen LogP contribution in [0.5, 0.6) is 0 Å². The lowest BCUT2D eigenvalue weighted by Gasteiger charge is -2.21. The molecule has 3 aromatic heterocycles. The van der Waals surface area contributed by atoms with Gasteiger partial charge < -0.3 is 15.4 Å². The van der Waals surface area contributed by atoms with E-state index in [4.69, 9.17) is 4.74 Å². The van der Waals surface area contributed by atoms with Gasteiger partial charge in [-0.3, -0.25) is 10.3 Å². The Morgan fingerprint density at radius 1 is 1.11 bits per heavy atom. The Balaban J connectivity index is 1.37. The molecule has 2 amide bonds. The maximum atomic E-state index is 13.1. The molecule has 9 heteroatoms. The van der Waals surface area contributed by atoms with Gasteiger partial charge in [0, 0.05) is 45.7 Å². The second kappa shape index (κ2) is 10.3. The van der Waals surface area contributed by atoms with E-state index >= 15 is 0 Å². The third-order valence-electron chi connectivity index (χ3n) is 6.39. The molecule has 0 saturated carbocycles. The summed E-state index contributed by atoms with van der Waals surface area (Å²) in [4.78, 5) is 34.1. The van der Waals surface area contributed by atoms with Crippen LogP contribution in [0, 0.1) is 0 Å². The van der Waals surface area contributed by atoms with Crippen LogP contribution in [0.4, 0.5) is 9.80 Å². The number of amides is 2. The van der Waals surface area contributed by atoms with Crippen LogP contribution in [0.2, 0.25) is 0 Å². The summed E-state index contributed by atoms with van der Waals surface area (Å²) in [7, 11) is 0. The van der Waals surface area contributed by atoms with E-state index in [1.165, 1.54) is 26.7 Å². The standard InChI is InChI=1S/C27H32N4O3S2/c1-27(2,3)34-25(32)22-18-8-4-5-9-20(18)36-24(22)31-26(33)30-14-19-17-10-12-29-15-21(17)35-23(19)16-7-6-11-28-13-16/h6-7,11,13,29H,4-5,8-10,12,14-15H2,1-3H3,(H2,30,31,33). The maximum Gasteiger partial charge on any atom is 0.341 e. The summed E-state index contributed by atoms with van der Waals surface area (Å²) >= 11 is 3.27. The first kappa shape index (κ1) is 24.9. The number of carbonyl (C=O) groups excluding carboxylic acids is 2. The molecule has 0 fully saturated rings. The van der Waals surface area contributed by atoms with Gasteiger partial charge >= 0.3 is 12.0 Å². The number of thiophene rings is 2. The highest BCUT2D eigenvalue weighted by molar-refractivity contribution is 7.17. The minimum absolute atomic E-state index is 0.315. The molecule has 3 aromatic rings. The molecule has 36 heavy (non-hydrogen) atoms. The molecular weight excluding hydrogens is 492 g/mol.